The van der Waals surface area contributed by atoms with Crippen LogP contribution in [0.4, 0.5) is 5.69 Å². The van der Waals surface area contributed by atoms with Crippen LogP contribution in [0.3, 0.4) is 0 Å². The maximum Gasteiger partial charge on any atom is 0.234 e. The fourth-order valence-corrected chi connectivity index (χ4v) is 4.02. The van der Waals surface area contributed by atoms with Crippen molar-refractivity contribution in [3.63, 3.8) is 0 Å². The van der Waals surface area contributed by atoms with E-state index in [1.54, 1.807) is 13.2 Å². The average molecular weight is 473 g/mol. The molecule has 3 rings (SSSR count). The molecule has 0 unspecified atom stereocenters. The third kappa shape index (κ3) is 5.27. The highest BCUT2D eigenvalue weighted by Gasteiger charge is 2.15. The van der Waals surface area contributed by atoms with E-state index in [-0.39, 0.29) is 11.7 Å². The molecule has 0 atom stereocenters. The van der Waals surface area contributed by atoms with E-state index in [2.05, 4.69) is 38.0 Å². The van der Waals surface area contributed by atoms with Gasteiger partial charge in [0.25, 0.3) is 0 Å². The van der Waals surface area contributed by atoms with Crippen LogP contribution in [0.5, 0.6) is 5.75 Å². The minimum atomic E-state index is -0.112. The molecule has 1 N–H and O–H groups in total. The molecule has 3 aromatic rings. The van der Waals surface area contributed by atoms with Gasteiger partial charge in [-0.05, 0) is 64.8 Å². The van der Waals surface area contributed by atoms with E-state index in [1.165, 1.54) is 11.8 Å². The number of thioether (sulfide) groups is 1. The van der Waals surface area contributed by atoms with Crippen molar-refractivity contribution in [3.8, 4) is 17.1 Å². The first-order valence-corrected chi connectivity index (χ1v) is 10.7. The Balaban J connectivity index is 1.72. The van der Waals surface area contributed by atoms with Crippen LogP contribution in [-0.2, 0) is 11.3 Å². The van der Waals surface area contributed by atoms with Crippen molar-refractivity contribution in [1.82, 2.24) is 14.8 Å². The number of benzene rings is 2. The van der Waals surface area contributed by atoms with E-state index >= 15 is 0 Å². The molecule has 0 spiro atoms. The molecular weight excluding hydrogens is 452 g/mol. The van der Waals surface area contributed by atoms with Gasteiger partial charge in [-0.3, -0.25) is 9.36 Å². The summed E-state index contributed by atoms with van der Waals surface area (Å²) in [6.07, 6.45) is 1.78. The molecule has 0 fully saturated rings. The molecule has 6 nitrogen and oxygen atoms in total. The SMILES string of the molecule is C=CCn1c(SCC(=O)Nc2ccc(C)cc2Br)nnc1-c1ccc(OC)cc1. The topological polar surface area (TPSA) is 69.0 Å². The number of aromatic nitrogens is 3. The molecule has 2 aromatic carbocycles. The number of ether oxygens (including phenoxy) is 1. The van der Waals surface area contributed by atoms with Gasteiger partial charge in [0.05, 0.1) is 18.6 Å². The van der Waals surface area contributed by atoms with Crippen LogP contribution in [0.25, 0.3) is 11.4 Å². The zero-order valence-electron chi connectivity index (χ0n) is 16.2. The molecule has 0 radical (unpaired) electrons. The largest absolute Gasteiger partial charge is 0.497 e. The van der Waals surface area contributed by atoms with Crippen LogP contribution in [0.15, 0.2) is 64.7 Å². The molecule has 8 heteroatoms. The van der Waals surface area contributed by atoms with Gasteiger partial charge >= 0.3 is 0 Å². The number of carbonyl (C=O) groups excluding carboxylic acids is 1. The van der Waals surface area contributed by atoms with E-state index < -0.39 is 0 Å². The van der Waals surface area contributed by atoms with Crippen molar-refractivity contribution in [2.24, 2.45) is 0 Å². The zero-order valence-corrected chi connectivity index (χ0v) is 18.6. The number of nitrogens with zero attached hydrogens (tertiary/aromatic N) is 3. The quantitative estimate of drug-likeness (QED) is 0.371. The van der Waals surface area contributed by atoms with E-state index in [1.807, 2.05) is 54.0 Å². The van der Waals surface area contributed by atoms with Gasteiger partial charge in [0.15, 0.2) is 11.0 Å². The van der Waals surface area contributed by atoms with Crippen molar-refractivity contribution in [2.75, 3.05) is 18.2 Å². The van der Waals surface area contributed by atoms with Crippen molar-refractivity contribution < 1.29 is 9.53 Å². The highest BCUT2D eigenvalue weighted by molar-refractivity contribution is 9.10. The second-order valence-corrected chi connectivity index (χ2v) is 8.05. The Hall–Kier alpha value is -2.58. The minimum absolute atomic E-state index is 0.112. The first kappa shape index (κ1) is 21.1. The van der Waals surface area contributed by atoms with Gasteiger partial charge in [-0.2, -0.15) is 0 Å². The number of halogens is 1. The van der Waals surface area contributed by atoms with E-state index in [0.29, 0.717) is 11.7 Å². The second-order valence-electron chi connectivity index (χ2n) is 6.25. The molecule has 150 valence electrons. The number of nitrogens with one attached hydrogen (secondary N) is 1. The fourth-order valence-electron chi connectivity index (χ4n) is 2.68. The fraction of sp³-hybridized carbons (Fsp3) is 0.190. The van der Waals surface area contributed by atoms with Crippen LogP contribution in [0.2, 0.25) is 0 Å². The first-order chi connectivity index (χ1) is 14.0. The number of hydrogen-bond donors (Lipinski definition) is 1. The van der Waals surface area contributed by atoms with Crippen molar-refractivity contribution in [3.05, 3.63) is 65.2 Å². The molecule has 0 saturated heterocycles. The lowest BCUT2D eigenvalue weighted by atomic mass is 10.2. The molecule has 0 saturated carbocycles. The number of carbonyl (C=O) groups is 1. The lowest BCUT2D eigenvalue weighted by molar-refractivity contribution is -0.113. The lowest BCUT2D eigenvalue weighted by Crippen LogP contribution is -2.15. The van der Waals surface area contributed by atoms with Gasteiger partial charge in [0.2, 0.25) is 5.91 Å². The maximum atomic E-state index is 12.4. The summed E-state index contributed by atoms with van der Waals surface area (Å²) in [4.78, 5) is 12.4. The van der Waals surface area contributed by atoms with Gasteiger partial charge in [-0.1, -0.05) is 23.9 Å². The molecule has 0 aliphatic carbocycles. The Morgan fingerprint density at radius 1 is 1.28 bits per heavy atom. The molecule has 0 aliphatic heterocycles. The minimum Gasteiger partial charge on any atom is -0.497 e. The number of anilines is 1. The number of hydrogen-bond acceptors (Lipinski definition) is 5. The van der Waals surface area contributed by atoms with Gasteiger partial charge in [0, 0.05) is 16.6 Å². The van der Waals surface area contributed by atoms with Crippen LogP contribution in [0.1, 0.15) is 5.56 Å². The van der Waals surface area contributed by atoms with Crippen LogP contribution >= 0.6 is 27.7 Å². The first-order valence-electron chi connectivity index (χ1n) is 8.89. The maximum absolute atomic E-state index is 12.4. The predicted molar refractivity (Wildman–Crippen MR) is 120 cm³/mol. The van der Waals surface area contributed by atoms with E-state index in [4.69, 9.17) is 4.74 Å². The number of aryl methyl sites for hydroxylation is 1. The smallest absolute Gasteiger partial charge is 0.234 e. The van der Waals surface area contributed by atoms with E-state index in [0.717, 1.165) is 32.9 Å². The highest BCUT2D eigenvalue weighted by atomic mass is 79.9. The van der Waals surface area contributed by atoms with Crippen molar-refractivity contribution in [2.45, 2.75) is 18.6 Å². The summed E-state index contributed by atoms with van der Waals surface area (Å²) in [7, 11) is 1.63. The summed E-state index contributed by atoms with van der Waals surface area (Å²) in [6.45, 7) is 6.36. The second kappa shape index (κ2) is 9.76. The van der Waals surface area contributed by atoms with Gasteiger partial charge in [0.1, 0.15) is 5.75 Å². The third-order valence-electron chi connectivity index (χ3n) is 4.11. The number of rotatable bonds is 8. The van der Waals surface area contributed by atoms with Crippen molar-refractivity contribution in [1.29, 1.82) is 0 Å². The summed E-state index contributed by atoms with van der Waals surface area (Å²) >= 11 is 4.81. The molecule has 1 heterocycles. The van der Waals surface area contributed by atoms with Gasteiger partial charge < -0.3 is 10.1 Å². The highest BCUT2D eigenvalue weighted by Crippen LogP contribution is 2.27. The number of methoxy groups -OCH3 is 1. The monoisotopic (exact) mass is 472 g/mol. The van der Waals surface area contributed by atoms with E-state index in [9.17, 15) is 4.79 Å². The lowest BCUT2D eigenvalue weighted by Gasteiger charge is -2.09. The third-order valence-corrected chi connectivity index (χ3v) is 5.73. The summed E-state index contributed by atoms with van der Waals surface area (Å²) < 4.78 is 8.00. The summed E-state index contributed by atoms with van der Waals surface area (Å²) in [6, 6.07) is 13.4. The number of allylic oxidation sites excluding steroid dienone is 1. The average Bonchev–Trinajstić information content (AvgIpc) is 3.11. The molecular formula is C21H21BrN4O2S. The Bertz CT molecular complexity index is 1020. The van der Waals surface area contributed by atoms with Crippen molar-refractivity contribution >= 4 is 39.3 Å². The zero-order chi connectivity index (χ0) is 20.8. The number of amides is 1. The molecule has 0 aliphatic rings. The molecule has 29 heavy (non-hydrogen) atoms. The summed E-state index contributed by atoms with van der Waals surface area (Å²) in [5, 5.41) is 12.2. The standard InChI is InChI=1S/C21H21BrN4O2S/c1-4-11-26-20(15-6-8-16(28-3)9-7-15)24-25-21(26)29-13-19(27)23-18-10-5-14(2)12-17(18)22/h4-10,12H,1,11,13H2,2-3H3,(H,23,27). The summed E-state index contributed by atoms with van der Waals surface area (Å²) in [5.41, 5.74) is 2.78. The Morgan fingerprint density at radius 3 is 2.69 bits per heavy atom. The Labute approximate surface area is 182 Å². The predicted octanol–water partition coefficient (Wildman–Crippen LogP) is 4.94. The molecule has 1 amide bonds. The van der Waals surface area contributed by atoms with Gasteiger partial charge in [-0.15, -0.1) is 16.8 Å². The van der Waals surface area contributed by atoms with Gasteiger partial charge in [-0.25, -0.2) is 0 Å². The molecule has 0 bridgehead atoms. The Morgan fingerprint density at radius 2 is 2.03 bits per heavy atom. The summed E-state index contributed by atoms with van der Waals surface area (Å²) in [5.74, 6) is 1.60. The molecule has 1 aromatic heterocycles. The normalized spacial score (nSPS) is 10.6. The Kier molecular flexibility index (Phi) is 7.11. The van der Waals surface area contributed by atoms with Crippen LogP contribution in [0, 0.1) is 6.92 Å². The van der Waals surface area contributed by atoms with Crippen LogP contribution < -0.4 is 10.1 Å². The van der Waals surface area contributed by atoms with Crippen LogP contribution in [-0.4, -0.2) is 33.5 Å².